The maximum absolute atomic E-state index is 13.2. The number of rotatable bonds is 8. The average molecular weight is 495 g/mol. The number of hydrogen-bond donors (Lipinski definition) is 1. The molecular weight excluding hydrogens is 468 g/mol. The molecule has 3 aromatic heterocycles. The molecule has 0 unspecified atom stereocenters. The molecule has 1 N–H and O–H groups in total. The quantitative estimate of drug-likeness (QED) is 0.331. The lowest BCUT2D eigenvalue weighted by molar-refractivity contribution is 0.673. The summed E-state index contributed by atoms with van der Waals surface area (Å²) < 4.78 is 4.43. The molecule has 0 bridgehead atoms. The van der Waals surface area contributed by atoms with Crippen LogP contribution in [0.3, 0.4) is 0 Å². The predicted molar refractivity (Wildman–Crippen MR) is 143 cm³/mol. The van der Waals surface area contributed by atoms with Crippen LogP contribution in [0.4, 0.5) is 0 Å². The summed E-state index contributed by atoms with van der Waals surface area (Å²) in [4.78, 5) is 30.7. The monoisotopic (exact) mass is 494 g/mol. The van der Waals surface area contributed by atoms with Crippen LogP contribution in [-0.2, 0) is 20.1 Å². The molecular formula is C27H26N8O2. The zero-order chi connectivity index (χ0) is 26.1. The van der Waals surface area contributed by atoms with Gasteiger partial charge in [-0.05, 0) is 33.9 Å². The predicted octanol–water partition coefficient (Wildman–Crippen LogP) is 3.40. The Labute approximate surface area is 212 Å². The molecule has 0 saturated carbocycles. The van der Waals surface area contributed by atoms with Crippen LogP contribution in [0, 0.1) is 0 Å². The molecule has 10 heteroatoms. The van der Waals surface area contributed by atoms with Gasteiger partial charge in [-0.25, -0.2) is 9.78 Å². The van der Waals surface area contributed by atoms with Gasteiger partial charge in [0.2, 0.25) is 5.82 Å². The first-order valence-electron chi connectivity index (χ1n) is 11.9. The van der Waals surface area contributed by atoms with Crippen LogP contribution < -0.4 is 11.2 Å². The van der Waals surface area contributed by atoms with Crippen molar-refractivity contribution in [2.45, 2.75) is 26.4 Å². The minimum Gasteiger partial charge on any atom is -0.314 e. The van der Waals surface area contributed by atoms with Crippen molar-refractivity contribution in [3.63, 3.8) is 0 Å². The summed E-state index contributed by atoms with van der Waals surface area (Å²) in [5.41, 5.74) is 4.46. The van der Waals surface area contributed by atoms with E-state index in [1.165, 1.54) is 11.6 Å². The summed E-state index contributed by atoms with van der Waals surface area (Å²) >= 11 is 0. The normalized spacial score (nSPS) is 11.2. The number of benzene rings is 2. The zero-order valence-corrected chi connectivity index (χ0v) is 20.7. The Morgan fingerprint density at radius 3 is 2.43 bits per heavy atom. The number of tetrazole rings is 1. The van der Waals surface area contributed by atoms with Gasteiger partial charge in [-0.2, -0.15) is 5.21 Å². The van der Waals surface area contributed by atoms with Crippen molar-refractivity contribution in [1.82, 2.24) is 39.3 Å². The summed E-state index contributed by atoms with van der Waals surface area (Å²) in [5, 5.41) is 14.4. The van der Waals surface area contributed by atoms with E-state index in [1.54, 1.807) is 6.08 Å². The fraction of sp³-hybridized carbons (Fsp3) is 0.185. The first-order valence-corrected chi connectivity index (χ1v) is 11.9. The van der Waals surface area contributed by atoms with Crippen molar-refractivity contribution in [2.24, 2.45) is 7.05 Å². The average Bonchev–Trinajstić information content (AvgIpc) is 3.59. The van der Waals surface area contributed by atoms with E-state index in [0.717, 1.165) is 32.4 Å². The third-order valence-electron chi connectivity index (χ3n) is 6.40. The van der Waals surface area contributed by atoms with Gasteiger partial charge in [0.1, 0.15) is 5.82 Å². The summed E-state index contributed by atoms with van der Waals surface area (Å²) in [6, 6.07) is 15.9. The van der Waals surface area contributed by atoms with Crippen LogP contribution in [0.2, 0.25) is 0 Å². The second-order valence-electron chi connectivity index (χ2n) is 8.67. The molecule has 0 amide bonds. The third kappa shape index (κ3) is 4.12. The van der Waals surface area contributed by atoms with E-state index >= 15 is 0 Å². The van der Waals surface area contributed by atoms with E-state index in [9.17, 15) is 9.59 Å². The van der Waals surface area contributed by atoms with Crippen LogP contribution in [0.1, 0.15) is 24.7 Å². The van der Waals surface area contributed by atoms with Gasteiger partial charge in [0, 0.05) is 25.7 Å². The van der Waals surface area contributed by atoms with Crippen molar-refractivity contribution in [2.75, 3.05) is 0 Å². The number of H-pyrrole nitrogens is 1. The second-order valence-corrected chi connectivity index (χ2v) is 8.67. The van der Waals surface area contributed by atoms with Crippen LogP contribution in [0.5, 0.6) is 0 Å². The summed E-state index contributed by atoms with van der Waals surface area (Å²) in [6.07, 6.45) is 2.27. The van der Waals surface area contributed by atoms with Crippen LogP contribution in [0.15, 0.2) is 77.4 Å². The SMILES string of the molecule is C=CCn1c(=O)n(C)c(=O)c2c1nc(C(=C)CC)n2Cc1ccc(-c2ccccc2-c2nn[nH]n2)cc1. The van der Waals surface area contributed by atoms with Crippen molar-refractivity contribution < 1.29 is 0 Å². The molecule has 0 aliphatic carbocycles. The van der Waals surface area contributed by atoms with Gasteiger partial charge in [0.15, 0.2) is 11.2 Å². The number of nitrogens with one attached hydrogen (secondary N) is 1. The van der Waals surface area contributed by atoms with E-state index in [0.29, 0.717) is 35.8 Å². The molecule has 0 saturated heterocycles. The van der Waals surface area contributed by atoms with Gasteiger partial charge in [-0.15, -0.1) is 16.8 Å². The molecule has 10 nitrogen and oxygen atoms in total. The Morgan fingerprint density at radius 1 is 1.05 bits per heavy atom. The highest BCUT2D eigenvalue weighted by atomic mass is 16.2. The Kier molecular flexibility index (Phi) is 6.22. The van der Waals surface area contributed by atoms with Crippen molar-refractivity contribution in [1.29, 1.82) is 0 Å². The largest absolute Gasteiger partial charge is 0.332 e. The van der Waals surface area contributed by atoms with E-state index in [-0.39, 0.29) is 6.54 Å². The minimum absolute atomic E-state index is 0.243. The Hall–Kier alpha value is -4.86. The smallest absolute Gasteiger partial charge is 0.314 e. The van der Waals surface area contributed by atoms with Crippen molar-refractivity contribution in [3.8, 4) is 22.5 Å². The van der Waals surface area contributed by atoms with Gasteiger partial charge in [-0.3, -0.25) is 13.9 Å². The molecule has 0 aliphatic heterocycles. The molecule has 0 fully saturated rings. The van der Waals surface area contributed by atoms with Crippen molar-refractivity contribution >= 4 is 16.7 Å². The summed E-state index contributed by atoms with van der Waals surface area (Å²) in [6.45, 7) is 10.5. The number of fused-ring (bicyclic) bond motifs is 1. The Bertz CT molecular complexity index is 1740. The molecule has 0 atom stereocenters. The highest BCUT2D eigenvalue weighted by Crippen LogP contribution is 2.30. The summed E-state index contributed by atoms with van der Waals surface area (Å²) in [7, 11) is 1.48. The number of allylic oxidation sites excluding steroid dienone is 2. The van der Waals surface area contributed by atoms with Crippen LogP contribution >= 0.6 is 0 Å². The van der Waals surface area contributed by atoms with Gasteiger partial charge in [0.05, 0.1) is 0 Å². The maximum atomic E-state index is 13.2. The van der Waals surface area contributed by atoms with Gasteiger partial charge in [0.25, 0.3) is 5.56 Å². The number of aromatic amines is 1. The first-order chi connectivity index (χ1) is 17.9. The topological polar surface area (TPSA) is 116 Å². The van der Waals surface area contributed by atoms with Gasteiger partial charge >= 0.3 is 5.69 Å². The molecule has 2 aromatic carbocycles. The molecule has 3 heterocycles. The van der Waals surface area contributed by atoms with Crippen LogP contribution in [0.25, 0.3) is 39.3 Å². The third-order valence-corrected chi connectivity index (χ3v) is 6.40. The van der Waals surface area contributed by atoms with E-state index in [2.05, 4.69) is 33.8 Å². The number of hydrogen-bond acceptors (Lipinski definition) is 6. The van der Waals surface area contributed by atoms with E-state index in [1.807, 2.05) is 60.0 Å². The molecule has 5 aromatic rings. The van der Waals surface area contributed by atoms with Gasteiger partial charge < -0.3 is 4.57 Å². The van der Waals surface area contributed by atoms with E-state index < -0.39 is 11.2 Å². The van der Waals surface area contributed by atoms with Crippen LogP contribution in [-0.4, -0.2) is 39.3 Å². The molecule has 5 rings (SSSR count). The minimum atomic E-state index is -0.430. The molecule has 0 aliphatic rings. The van der Waals surface area contributed by atoms with Gasteiger partial charge in [-0.1, -0.05) is 68.1 Å². The Morgan fingerprint density at radius 2 is 1.78 bits per heavy atom. The highest BCUT2D eigenvalue weighted by Gasteiger charge is 2.21. The highest BCUT2D eigenvalue weighted by molar-refractivity contribution is 5.80. The standard InChI is InChI=1S/C27H26N8O2/c1-5-15-34-25-22(26(36)33(4)27(34)37)35(24(28-25)17(3)6-2)16-18-11-13-19(14-12-18)20-9-7-8-10-21(20)23-29-31-32-30-23/h5,7-14H,1,3,6,15-16H2,2,4H3,(H,29,30,31,32). The molecule has 37 heavy (non-hydrogen) atoms. The molecule has 0 radical (unpaired) electrons. The zero-order valence-electron chi connectivity index (χ0n) is 20.7. The fourth-order valence-corrected chi connectivity index (χ4v) is 4.41. The number of imidazole rings is 1. The van der Waals surface area contributed by atoms with E-state index in [4.69, 9.17) is 4.98 Å². The number of aromatic nitrogens is 8. The molecule has 0 spiro atoms. The lowest BCUT2D eigenvalue weighted by atomic mass is 9.98. The summed E-state index contributed by atoms with van der Waals surface area (Å²) in [5.74, 6) is 1.11. The van der Waals surface area contributed by atoms with Crippen molar-refractivity contribution in [3.05, 3.63) is 100.0 Å². The fourth-order valence-electron chi connectivity index (χ4n) is 4.41. The molecule has 186 valence electrons. The first kappa shape index (κ1) is 23.9. The lowest BCUT2D eigenvalue weighted by Crippen LogP contribution is -2.38. The lowest BCUT2D eigenvalue weighted by Gasteiger charge is -2.12. The maximum Gasteiger partial charge on any atom is 0.332 e. The second kappa shape index (κ2) is 9.65. The number of nitrogens with zero attached hydrogens (tertiary/aromatic N) is 7. The Balaban J connectivity index is 1.61.